The molecule has 2 aliphatic heterocycles. The zero-order valence-corrected chi connectivity index (χ0v) is 19.4. The first kappa shape index (κ1) is 22.9. The van der Waals surface area contributed by atoms with E-state index in [4.69, 9.17) is 9.47 Å². The Balaban J connectivity index is 1.26. The Labute approximate surface area is 199 Å². The van der Waals surface area contributed by atoms with E-state index in [2.05, 4.69) is 10.6 Å². The largest absolute Gasteiger partial charge is 0.487 e. The fraction of sp³-hybridized carbons (Fsp3) is 0.481. The molecule has 1 aliphatic carbocycles. The van der Waals surface area contributed by atoms with Crippen LogP contribution >= 0.6 is 0 Å². The molecule has 1 saturated heterocycles. The van der Waals surface area contributed by atoms with Crippen LogP contribution < -0.4 is 15.4 Å². The number of anilines is 1. The number of carbonyl (C=O) groups is 2. The number of ether oxygens (including phenoxy) is 2. The van der Waals surface area contributed by atoms with E-state index >= 15 is 0 Å². The van der Waals surface area contributed by atoms with Gasteiger partial charge in [0.15, 0.2) is 0 Å². The Hall–Kier alpha value is -2.90. The van der Waals surface area contributed by atoms with Crippen molar-refractivity contribution < 1.29 is 24.2 Å². The minimum absolute atomic E-state index is 0.00852. The van der Waals surface area contributed by atoms with Crippen molar-refractivity contribution in [3.63, 3.8) is 0 Å². The maximum Gasteiger partial charge on any atom is 0.227 e. The van der Waals surface area contributed by atoms with Crippen molar-refractivity contribution in [2.45, 2.75) is 69.3 Å². The smallest absolute Gasteiger partial charge is 0.227 e. The van der Waals surface area contributed by atoms with Gasteiger partial charge in [0.1, 0.15) is 18.0 Å². The van der Waals surface area contributed by atoms with Crippen LogP contribution in [-0.2, 0) is 14.3 Å². The number of fused-ring (bicyclic) bond motifs is 3. The summed E-state index contributed by atoms with van der Waals surface area (Å²) in [4.78, 5) is 25.2. The standard InChI is InChI=1S/C27H32N2O5/c1-16(17-6-3-2-4-7-17)28-25(31)14-20-13-22-21-12-19(29-27(32)18-8-5-9-18)10-11-23(21)34-26(22)24(15-30)33-20/h2-4,6-7,10-12,16,18,20,22,24,26,30H,5,8-9,13-15H2,1H3,(H,28,31)(H,29,32)/t16-,20+,22-,24-,26+/m1/s1. The summed E-state index contributed by atoms with van der Waals surface area (Å²) in [7, 11) is 0. The second-order valence-corrected chi connectivity index (χ2v) is 9.68. The highest BCUT2D eigenvalue weighted by atomic mass is 16.6. The molecule has 1 saturated carbocycles. The number of amides is 2. The number of aliphatic hydroxyl groups excluding tert-OH is 1. The lowest BCUT2D eigenvalue weighted by Crippen LogP contribution is -2.47. The summed E-state index contributed by atoms with van der Waals surface area (Å²) in [5, 5.41) is 16.1. The molecule has 0 aromatic heterocycles. The van der Waals surface area contributed by atoms with E-state index < -0.39 is 6.10 Å². The van der Waals surface area contributed by atoms with Gasteiger partial charge >= 0.3 is 0 Å². The average Bonchev–Trinajstić information content (AvgIpc) is 3.16. The zero-order valence-electron chi connectivity index (χ0n) is 19.4. The van der Waals surface area contributed by atoms with Crippen molar-refractivity contribution in [3.8, 4) is 5.75 Å². The molecular formula is C27H32N2O5. The van der Waals surface area contributed by atoms with E-state index in [0.29, 0.717) is 6.42 Å². The number of hydrogen-bond acceptors (Lipinski definition) is 5. The van der Waals surface area contributed by atoms with E-state index in [9.17, 15) is 14.7 Å². The molecule has 2 heterocycles. The van der Waals surface area contributed by atoms with E-state index in [1.54, 1.807) is 0 Å². The van der Waals surface area contributed by atoms with E-state index in [1.165, 1.54) is 0 Å². The third kappa shape index (κ3) is 4.68. The predicted octanol–water partition coefficient (Wildman–Crippen LogP) is 3.69. The van der Waals surface area contributed by atoms with Crippen LogP contribution in [0, 0.1) is 5.92 Å². The Morgan fingerprint density at radius 1 is 1.15 bits per heavy atom. The predicted molar refractivity (Wildman–Crippen MR) is 128 cm³/mol. The highest BCUT2D eigenvalue weighted by Gasteiger charge is 2.46. The Kier molecular flexibility index (Phi) is 6.57. The molecule has 2 amide bonds. The van der Waals surface area contributed by atoms with Gasteiger partial charge in [0.25, 0.3) is 0 Å². The summed E-state index contributed by atoms with van der Waals surface area (Å²) < 4.78 is 12.2. The van der Waals surface area contributed by atoms with Gasteiger partial charge in [-0.05, 0) is 49.9 Å². The molecule has 0 bridgehead atoms. The zero-order chi connectivity index (χ0) is 23.7. The van der Waals surface area contributed by atoms with Crippen LogP contribution in [0.3, 0.4) is 0 Å². The number of carbonyl (C=O) groups excluding carboxylic acids is 2. The average molecular weight is 465 g/mol. The molecule has 2 fully saturated rings. The molecule has 5 atom stereocenters. The van der Waals surface area contributed by atoms with Crippen LogP contribution in [0.15, 0.2) is 48.5 Å². The molecule has 180 valence electrons. The maximum atomic E-state index is 12.8. The normalized spacial score (nSPS) is 26.4. The molecule has 0 unspecified atom stereocenters. The molecule has 2 aromatic rings. The molecule has 7 heteroatoms. The summed E-state index contributed by atoms with van der Waals surface area (Å²) in [5.41, 5.74) is 2.81. The van der Waals surface area contributed by atoms with Gasteiger partial charge < -0.3 is 25.2 Å². The lowest BCUT2D eigenvalue weighted by molar-refractivity contribution is -0.142. The van der Waals surface area contributed by atoms with Crippen LogP contribution in [0.4, 0.5) is 5.69 Å². The summed E-state index contributed by atoms with van der Waals surface area (Å²) in [5.74, 6) is 0.841. The summed E-state index contributed by atoms with van der Waals surface area (Å²) >= 11 is 0. The SMILES string of the molecule is C[C@@H](NC(=O)C[C@@H]1C[C@@H]2c3cc(NC(=O)C4CCC4)ccc3O[C@@H]2[C@@H](CO)O1)c1ccccc1. The minimum atomic E-state index is -0.511. The van der Waals surface area contributed by atoms with Gasteiger partial charge in [0, 0.05) is 23.1 Å². The summed E-state index contributed by atoms with van der Waals surface area (Å²) in [6.07, 6.45) is 2.69. The van der Waals surface area contributed by atoms with Crippen molar-refractivity contribution in [2.24, 2.45) is 5.92 Å². The molecule has 34 heavy (non-hydrogen) atoms. The highest BCUT2D eigenvalue weighted by molar-refractivity contribution is 5.93. The molecule has 3 N–H and O–H groups in total. The number of benzene rings is 2. The van der Waals surface area contributed by atoms with Gasteiger partial charge in [0.05, 0.1) is 25.2 Å². The second kappa shape index (κ2) is 9.76. The number of hydrogen-bond donors (Lipinski definition) is 3. The number of aliphatic hydroxyl groups is 1. The fourth-order valence-electron chi connectivity index (χ4n) is 5.21. The van der Waals surface area contributed by atoms with E-state index in [0.717, 1.165) is 41.8 Å². The van der Waals surface area contributed by atoms with Crippen molar-refractivity contribution in [1.82, 2.24) is 5.32 Å². The van der Waals surface area contributed by atoms with Crippen molar-refractivity contribution in [2.75, 3.05) is 11.9 Å². The van der Waals surface area contributed by atoms with Gasteiger partial charge in [-0.3, -0.25) is 9.59 Å². The van der Waals surface area contributed by atoms with E-state index in [-0.39, 0.29) is 54.9 Å². The third-order valence-corrected chi connectivity index (χ3v) is 7.33. The quantitative estimate of drug-likeness (QED) is 0.581. The topological polar surface area (TPSA) is 96.9 Å². The molecule has 2 aromatic carbocycles. The molecule has 5 rings (SSSR count). The number of nitrogens with one attached hydrogen (secondary N) is 2. The van der Waals surface area contributed by atoms with Crippen LogP contribution in [0.5, 0.6) is 5.75 Å². The summed E-state index contributed by atoms with van der Waals surface area (Å²) in [6, 6.07) is 15.4. The lowest BCUT2D eigenvalue weighted by Gasteiger charge is -2.37. The van der Waals surface area contributed by atoms with Crippen LogP contribution in [0.1, 0.15) is 62.1 Å². The number of rotatable bonds is 7. The molecule has 7 nitrogen and oxygen atoms in total. The Bertz CT molecular complexity index is 1040. The van der Waals surface area contributed by atoms with Crippen molar-refractivity contribution in [3.05, 3.63) is 59.7 Å². The lowest BCUT2D eigenvalue weighted by atomic mass is 9.83. The Morgan fingerprint density at radius 2 is 1.94 bits per heavy atom. The van der Waals surface area contributed by atoms with E-state index in [1.807, 2.05) is 55.5 Å². The van der Waals surface area contributed by atoms with Gasteiger partial charge in [0.2, 0.25) is 11.8 Å². The van der Waals surface area contributed by atoms with Crippen molar-refractivity contribution >= 4 is 17.5 Å². The fourth-order valence-corrected chi connectivity index (χ4v) is 5.21. The molecule has 3 aliphatic rings. The van der Waals surface area contributed by atoms with Crippen LogP contribution in [0.2, 0.25) is 0 Å². The molecular weight excluding hydrogens is 432 g/mol. The molecule has 0 spiro atoms. The first-order valence-corrected chi connectivity index (χ1v) is 12.2. The first-order valence-electron chi connectivity index (χ1n) is 12.2. The Morgan fingerprint density at radius 3 is 2.65 bits per heavy atom. The van der Waals surface area contributed by atoms with Gasteiger partial charge in [-0.15, -0.1) is 0 Å². The second-order valence-electron chi connectivity index (χ2n) is 9.68. The van der Waals surface area contributed by atoms with Gasteiger partial charge in [-0.1, -0.05) is 36.8 Å². The highest BCUT2D eigenvalue weighted by Crippen LogP contribution is 2.47. The monoisotopic (exact) mass is 464 g/mol. The maximum absolute atomic E-state index is 12.8. The first-order chi connectivity index (χ1) is 16.5. The molecule has 0 radical (unpaired) electrons. The van der Waals surface area contributed by atoms with Gasteiger partial charge in [-0.2, -0.15) is 0 Å². The van der Waals surface area contributed by atoms with Crippen molar-refractivity contribution in [1.29, 1.82) is 0 Å². The summed E-state index contributed by atoms with van der Waals surface area (Å²) in [6.45, 7) is 1.78. The third-order valence-electron chi connectivity index (χ3n) is 7.33. The van der Waals surface area contributed by atoms with Crippen LogP contribution in [0.25, 0.3) is 0 Å². The van der Waals surface area contributed by atoms with Crippen LogP contribution in [-0.4, -0.2) is 41.8 Å². The van der Waals surface area contributed by atoms with Gasteiger partial charge in [-0.25, -0.2) is 0 Å². The minimum Gasteiger partial charge on any atom is -0.487 e.